The second kappa shape index (κ2) is 6.04. The predicted molar refractivity (Wildman–Crippen MR) is 62.4 cm³/mol. The van der Waals surface area contributed by atoms with Crippen molar-refractivity contribution in [3.8, 4) is 0 Å². The van der Waals surface area contributed by atoms with Crippen LogP contribution in [0.25, 0.3) is 0 Å². The molecule has 0 spiro atoms. The molecule has 2 N–H and O–H groups in total. The van der Waals surface area contributed by atoms with Crippen LogP contribution in [0.5, 0.6) is 0 Å². The van der Waals surface area contributed by atoms with Crippen LogP contribution >= 0.6 is 0 Å². The summed E-state index contributed by atoms with van der Waals surface area (Å²) in [5.74, 6) is 0. The van der Waals surface area contributed by atoms with E-state index in [-0.39, 0.29) is 5.69 Å². The van der Waals surface area contributed by atoms with Gasteiger partial charge in [-0.15, -0.1) is 0 Å². The zero-order valence-electron chi connectivity index (χ0n) is 9.58. The zero-order valence-corrected chi connectivity index (χ0v) is 9.58. The second-order valence-corrected chi connectivity index (χ2v) is 3.36. The molecule has 18 heavy (non-hydrogen) atoms. The molecule has 0 atom stereocenters. The number of anilines is 1. The Morgan fingerprint density at radius 3 is 2.44 bits per heavy atom. The van der Waals surface area contributed by atoms with Gasteiger partial charge in [0.15, 0.2) is 0 Å². The fraction of sp³-hybridized carbons (Fsp3) is 0.273. The summed E-state index contributed by atoms with van der Waals surface area (Å²) in [6.07, 6.45) is -2.22. The maximum atomic E-state index is 12.3. The Balaban J connectivity index is 2.59. The number of carbonyl (C=O) groups is 1. The normalized spacial score (nSPS) is 11.6. The Morgan fingerprint density at radius 1 is 1.33 bits per heavy atom. The number of benzene rings is 1. The minimum Gasteiger partial charge on any atom is -0.307 e. The number of nitrogens with zero attached hydrogens (tertiary/aromatic N) is 1. The van der Waals surface area contributed by atoms with Gasteiger partial charge < -0.3 is 5.32 Å². The molecular formula is C11H12F3N3O. The van der Waals surface area contributed by atoms with Gasteiger partial charge in [-0.3, -0.25) is 0 Å². The monoisotopic (exact) mass is 259 g/mol. The molecule has 0 unspecified atom stereocenters. The van der Waals surface area contributed by atoms with Crippen LogP contribution in [0.2, 0.25) is 0 Å². The van der Waals surface area contributed by atoms with Gasteiger partial charge in [0.1, 0.15) is 0 Å². The van der Waals surface area contributed by atoms with Crippen molar-refractivity contribution in [1.29, 1.82) is 0 Å². The highest BCUT2D eigenvalue weighted by atomic mass is 19.4. The first-order valence-corrected chi connectivity index (χ1v) is 5.19. The van der Waals surface area contributed by atoms with Crippen molar-refractivity contribution in [1.82, 2.24) is 5.43 Å². The molecule has 1 aromatic rings. The van der Waals surface area contributed by atoms with Gasteiger partial charge in [0.25, 0.3) is 0 Å². The summed E-state index contributed by atoms with van der Waals surface area (Å²) in [6, 6.07) is 3.52. The van der Waals surface area contributed by atoms with Crippen molar-refractivity contribution in [3.63, 3.8) is 0 Å². The maximum Gasteiger partial charge on any atom is 0.416 e. The Bertz CT molecular complexity index is 426. The minimum absolute atomic E-state index is 0.257. The third-order valence-corrected chi connectivity index (χ3v) is 1.91. The lowest BCUT2D eigenvalue weighted by molar-refractivity contribution is -0.137. The summed E-state index contributed by atoms with van der Waals surface area (Å²) in [4.78, 5) is 11.2. The largest absolute Gasteiger partial charge is 0.416 e. The third-order valence-electron chi connectivity index (χ3n) is 1.91. The van der Waals surface area contributed by atoms with E-state index in [9.17, 15) is 18.0 Å². The number of urea groups is 1. The van der Waals surface area contributed by atoms with E-state index in [1.807, 2.05) is 6.92 Å². The molecule has 0 aromatic heterocycles. The van der Waals surface area contributed by atoms with Gasteiger partial charge in [-0.1, -0.05) is 6.92 Å². The highest BCUT2D eigenvalue weighted by Gasteiger charge is 2.29. The SMILES string of the molecule is CC/C=N/NC(=O)Nc1ccc(C(F)(F)F)cc1. The van der Waals surface area contributed by atoms with E-state index in [2.05, 4.69) is 15.8 Å². The van der Waals surface area contributed by atoms with Gasteiger partial charge in [-0.05, 0) is 30.7 Å². The van der Waals surface area contributed by atoms with Gasteiger partial charge in [-0.2, -0.15) is 18.3 Å². The molecule has 0 saturated carbocycles. The number of alkyl halides is 3. The van der Waals surface area contributed by atoms with Crippen LogP contribution in [0, 0.1) is 0 Å². The molecule has 2 amide bonds. The van der Waals surface area contributed by atoms with Crippen molar-refractivity contribution >= 4 is 17.9 Å². The molecule has 0 radical (unpaired) electrons. The fourth-order valence-corrected chi connectivity index (χ4v) is 1.10. The summed E-state index contributed by atoms with van der Waals surface area (Å²) in [5, 5.41) is 5.92. The standard InChI is InChI=1S/C11H12F3N3O/c1-2-7-15-17-10(18)16-9-5-3-8(4-6-9)11(12,13)14/h3-7H,2H2,1H3,(H2,16,17,18)/b15-7+. The first kappa shape index (κ1) is 14.0. The van der Waals surface area contributed by atoms with Crippen molar-refractivity contribution in [3.05, 3.63) is 29.8 Å². The first-order valence-electron chi connectivity index (χ1n) is 5.19. The Labute approximate surface area is 102 Å². The zero-order chi connectivity index (χ0) is 13.6. The summed E-state index contributed by atoms with van der Waals surface area (Å²) in [7, 11) is 0. The third kappa shape index (κ3) is 4.44. The molecule has 0 aliphatic heterocycles. The molecule has 98 valence electrons. The molecule has 0 saturated heterocycles. The molecule has 0 aliphatic rings. The first-order chi connectivity index (χ1) is 8.43. The molecule has 1 aromatic carbocycles. The Hall–Kier alpha value is -2.05. The lowest BCUT2D eigenvalue weighted by Gasteiger charge is -2.08. The fourth-order valence-electron chi connectivity index (χ4n) is 1.10. The topological polar surface area (TPSA) is 53.5 Å². The molecule has 0 fully saturated rings. The number of hydrazone groups is 1. The van der Waals surface area contributed by atoms with Gasteiger partial charge in [0.05, 0.1) is 5.56 Å². The molecule has 1 rings (SSSR count). The summed E-state index contributed by atoms with van der Waals surface area (Å²) in [6.45, 7) is 1.85. The van der Waals surface area contributed by atoms with E-state index >= 15 is 0 Å². The lowest BCUT2D eigenvalue weighted by atomic mass is 10.2. The average molecular weight is 259 g/mol. The van der Waals surface area contributed by atoms with Gasteiger partial charge in [0, 0.05) is 11.9 Å². The highest BCUT2D eigenvalue weighted by Crippen LogP contribution is 2.29. The molecule has 7 heteroatoms. The second-order valence-electron chi connectivity index (χ2n) is 3.36. The quantitative estimate of drug-likeness (QED) is 0.635. The van der Waals surface area contributed by atoms with Crippen molar-refractivity contribution in [2.75, 3.05) is 5.32 Å². The number of hydrogen-bond acceptors (Lipinski definition) is 2. The average Bonchev–Trinajstić information content (AvgIpc) is 2.29. The van der Waals surface area contributed by atoms with Crippen LogP contribution in [-0.4, -0.2) is 12.2 Å². The molecule has 0 bridgehead atoms. The molecular weight excluding hydrogens is 247 g/mol. The summed E-state index contributed by atoms with van der Waals surface area (Å²) in [5.41, 5.74) is 1.66. The minimum atomic E-state index is -4.38. The van der Waals surface area contributed by atoms with E-state index in [0.29, 0.717) is 6.42 Å². The number of carbonyl (C=O) groups excluding carboxylic acids is 1. The van der Waals surface area contributed by atoms with Crippen molar-refractivity contribution in [2.24, 2.45) is 5.10 Å². The maximum absolute atomic E-state index is 12.3. The van der Waals surface area contributed by atoms with Gasteiger partial charge in [-0.25, -0.2) is 10.2 Å². The number of hydrogen-bond donors (Lipinski definition) is 2. The van der Waals surface area contributed by atoms with Crippen LogP contribution in [0.4, 0.5) is 23.7 Å². The van der Waals surface area contributed by atoms with E-state index < -0.39 is 17.8 Å². The van der Waals surface area contributed by atoms with Crippen molar-refractivity contribution < 1.29 is 18.0 Å². The van der Waals surface area contributed by atoms with Gasteiger partial charge >= 0.3 is 12.2 Å². The number of halogens is 3. The number of nitrogens with one attached hydrogen (secondary N) is 2. The highest BCUT2D eigenvalue weighted by molar-refractivity contribution is 5.89. The van der Waals surface area contributed by atoms with E-state index in [4.69, 9.17) is 0 Å². The van der Waals surface area contributed by atoms with Crippen LogP contribution in [0.15, 0.2) is 29.4 Å². The van der Waals surface area contributed by atoms with Crippen LogP contribution in [0.1, 0.15) is 18.9 Å². The number of rotatable bonds is 3. The Kier molecular flexibility index (Phi) is 4.70. The number of amides is 2. The summed E-state index contributed by atoms with van der Waals surface area (Å²) >= 11 is 0. The van der Waals surface area contributed by atoms with E-state index in [1.165, 1.54) is 18.3 Å². The van der Waals surface area contributed by atoms with Crippen molar-refractivity contribution in [2.45, 2.75) is 19.5 Å². The van der Waals surface area contributed by atoms with E-state index in [0.717, 1.165) is 12.1 Å². The van der Waals surface area contributed by atoms with Crippen LogP contribution in [-0.2, 0) is 6.18 Å². The van der Waals surface area contributed by atoms with Crippen LogP contribution < -0.4 is 10.7 Å². The van der Waals surface area contributed by atoms with E-state index in [1.54, 1.807) is 0 Å². The summed E-state index contributed by atoms with van der Waals surface area (Å²) < 4.78 is 36.8. The molecule has 0 aliphatic carbocycles. The smallest absolute Gasteiger partial charge is 0.307 e. The Morgan fingerprint density at radius 2 is 1.94 bits per heavy atom. The predicted octanol–water partition coefficient (Wildman–Crippen LogP) is 3.22. The molecule has 0 heterocycles. The van der Waals surface area contributed by atoms with Gasteiger partial charge in [0.2, 0.25) is 0 Å². The molecule has 4 nitrogen and oxygen atoms in total. The van der Waals surface area contributed by atoms with Crippen LogP contribution in [0.3, 0.4) is 0 Å². The lowest BCUT2D eigenvalue weighted by Crippen LogP contribution is -2.24.